The minimum Gasteiger partial charge on any atom is -0.497 e. The fraction of sp³-hybridized carbons (Fsp3) is 0.333. The number of carbonyl (C=O) groups excluding carboxylic acids is 1. The maximum absolute atomic E-state index is 13.2. The summed E-state index contributed by atoms with van der Waals surface area (Å²) in [4.78, 5) is 41.4. The van der Waals surface area contributed by atoms with Crippen LogP contribution in [0.5, 0.6) is 11.5 Å². The van der Waals surface area contributed by atoms with E-state index in [0.717, 1.165) is 51.0 Å². The molecule has 2 aromatic heterocycles. The van der Waals surface area contributed by atoms with E-state index in [1.165, 1.54) is 0 Å². The molecule has 0 spiro atoms. The number of anilines is 4. The Balaban J connectivity index is 1.07. The van der Waals surface area contributed by atoms with Crippen LogP contribution in [0.3, 0.4) is 0 Å². The van der Waals surface area contributed by atoms with Gasteiger partial charge in [0.2, 0.25) is 11.9 Å². The van der Waals surface area contributed by atoms with Crippen LogP contribution in [0.25, 0.3) is 11.3 Å². The van der Waals surface area contributed by atoms with E-state index in [4.69, 9.17) is 51.1 Å². The predicted octanol–water partition coefficient (Wildman–Crippen LogP) is 5.23. The molecule has 0 bridgehead atoms. The summed E-state index contributed by atoms with van der Waals surface area (Å²) in [5.41, 5.74) is 6.05. The number of methoxy groups -OCH3 is 2. The van der Waals surface area contributed by atoms with E-state index in [1.54, 1.807) is 14.2 Å². The van der Waals surface area contributed by atoms with Crippen LogP contribution in [0.1, 0.15) is 27.0 Å². The van der Waals surface area contributed by atoms with Gasteiger partial charge in [-0.25, -0.2) is 15.0 Å². The van der Waals surface area contributed by atoms with Crippen LogP contribution in [-0.4, -0.2) is 109 Å². The number of carbonyl (C=O) groups is 1. The zero-order chi connectivity index (χ0) is 39.1. The van der Waals surface area contributed by atoms with Gasteiger partial charge in [0.15, 0.2) is 5.11 Å². The van der Waals surface area contributed by atoms with Gasteiger partial charge in [-0.1, -0.05) is 30.3 Å². The molecular weight excluding hydrogens is 743 g/mol. The first kappa shape index (κ1) is 38.0. The van der Waals surface area contributed by atoms with Crippen molar-refractivity contribution in [3.8, 4) is 22.8 Å². The summed E-state index contributed by atoms with van der Waals surface area (Å²) in [6.07, 6.45) is 4.37. The van der Waals surface area contributed by atoms with Crippen molar-refractivity contribution in [2.75, 3.05) is 93.4 Å². The van der Waals surface area contributed by atoms with Crippen molar-refractivity contribution < 1.29 is 23.7 Å². The molecule has 5 aromatic rings. The third kappa shape index (κ3) is 8.75. The summed E-state index contributed by atoms with van der Waals surface area (Å²) < 4.78 is 21.9. The quantitative estimate of drug-likeness (QED) is 0.176. The zero-order valence-electron chi connectivity index (χ0n) is 32.1. The Morgan fingerprint density at radius 1 is 0.807 bits per heavy atom. The van der Waals surface area contributed by atoms with Crippen LogP contribution in [0.2, 0.25) is 0 Å². The molecule has 57 heavy (non-hydrogen) atoms. The van der Waals surface area contributed by atoms with E-state index in [0.29, 0.717) is 101 Å². The molecule has 0 aliphatic carbocycles. The number of hydrogen-bond donors (Lipinski definition) is 1. The summed E-state index contributed by atoms with van der Waals surface area (Å²) >= 11 is 6.01. The summed E-state index contributed by atoms with van der Waals surface area (Å²) in [5.74, 6) is 3.51. The van der Waals surface area contributed by atoms with E-state index in [9.17, 15) is 4.79 Å². The first-order valence-electron chi connectivity index (χ1n) is 19.1. The molecular formula is C42H45N9O5S. The van der Waals surface area contributed by atoms with Gasteiger partial charge < -0.3 is 43.9 Å². The van der Waals surface area contributed by atoms with Crippen molar-refractivity contribution in [3.63, 3.8) is 0 Å². The van der Waals surface area contributed by atoms with Gasteiger partial charge in [-0.3, -0.25) is 4.79 Å². The molecule has 3 aliphatic heterocycles. The van der Waals surface area contributed by atoms with Gasteiger partial charge in [-0.05, 0) is 72.2 Å². The number of morpholine rings is 2. The van der Waals surface area contributed by atoms with E-state index in [-0.39, 0.29) is 5.91 Å². The maximum atomic E-state index is 13.2. The maximum Gasteiger partial charge on any atom is 0.254 e. The second kappa shape index (κ2) is 17.5. The SMILES string of the molecule is COc1ccc(CN(Cc2ccc(OC)cc2)c2ncc(-c3nc(N4CCOCC4)nc4c3CCN4C(=S)Nc3cccc(C(=O)N4CCOCC4)c3)cn2)cc1. The first-order chi connectivity index (χ1) is 27.9. The fourth-order valence-corrected chi connectivity index (χ4v) is 7.46. The number of hydrogen-bond acceptors (Lipinski definition) is 12. The standard InChI is InChI=1S/C42H45N9O5S/c1-53-34-10-6-29(7-11-34)27-50(28-30-8-12-35(54-2)13-9-30)40-43-25-32(26-44-40)37-36-14-15-51(38(36)47-41(46-37)49-18-22-56-23-19-49)42(57)45-33-5-3-4-31(24-33)39(52)48-16-20-55-21-17-48/h3-13,24-26H,14-23,27-28H2,1-2H3,(H,45,57). The van der Waals surface area contributed by atoms with Crippen molar-refractivity contribution in [2.45, 2.75) is 19.5 Å². The van der Waals surface area contributed by atoms with Gasteiger partial charge in [-0.15, -0.1) is 0 Å². The second-order valence-corrected chi connectivity index (χ2v) is 14.3. The van der Waals surface area contributed by atoms with Crippen LogP contribution < -0.4 is 29.5 Å². The molecule has 8 rings (SSSR count). The number of amides is 1. The number of rotatable bonds is 11. The van der Waals surface area contributed by atoms with Gasteiger partial charge in [0.25, 0.3) is 5.91 Å². The van der Waals surface area contributed by atoms with Crippen molar-refractivity contribution in [2.24, 2.45) is 0 Å². The van der Waals surface area contributed by atoms with Crippen LogP contribution in [0.4, 0.5) is 23.4 Å². The molecule has 15 heteroatoms. The van der Waals surface area contributed by atoms with Crippen LogP contribution in [0.15, 0.2) is 85.2 Å². The molecule has 5 heterocycles. The highest BCUT2D eigenvalue weighted by atomic mass is 32.1. The van der Waals surface area contributed by atoms with Crippen molar-refractivity contribution in [1.82, 2.24) is 24.8 Å². The Kier molecular flexibility index (Phi) is 11.7. The van der Waals surface area contributed by atoms with Crippen molar-refractivity contribution in [1.29, 1.82) is 0 Å². The normalized spacial score (nSPS) is 15.2. The number of nitrogens with one attached hydrogen (secondary N) is 1. The summed E-state index contributed by atoms with van der Waals surface area (Å²) in [6, 6.07) is 23.5. The highest BCUT2D eigenvalue weighted by Gasteiger charge is 2.31. The third-order valence-corrected chi connectivity index (χ3v) is 10.6. The van der Waals surface area contributed by atoms with Gasteiger partial charge in [0, 0.05) is 80.6 Å². The monoisotopic (exact) mass is 787 g/mol. The smallest absolute Gasteiger partial charge is 0.254 e. The molecule has 0 atom stereocenters. The molecule has 0 radical (unpaired) electrons. The molecule has 3 aliphatic rings. The van der Waals surface area contributed by atoms with E-state index in [2.05, 4.69) is 39.4 Å². The fourth-order valence-electron chi connectivity index (χ4n) is 7.16. The second-order valence-electron chi connectivity index (χ2n) is 13.9. The number of ether oxygens (including phenoxy) is 4. The molecule has 0 unspecified atom stereocenters. The Hall–Kier alpha value is -5.90. The van der Waals surface area contributed by atoms with Crippen LogP contribution >= 0.6 is 12.2 Å². The molecule has 0 saturated carbocycles. The minimum absolute atomic E-state index is 0.0234. The number of fused-ring (bicyclic) bond motifs is 1. The predicted molar refractivity (Wildman–Crippen MR) is 222 cm³/mol. The van der Waals surface area contributed by atoms with E-state index < -0.39 is 0 Å². The highest BCUT2D eigenvalue weighted by molar-refractivity contribution is 7.80. The summed E-state index contributed by atoms with van der Waals surface area (Å²) in [7, 11) is 3.33. The van der Waals surface area contributed by atoms with E-state index in [1.807, 2.05) is 70.7 Å². The Morgan fingerprint density at radius 2 is 1.42 bits per heavy atom. The number of nitrogens with zero attached hydrogens (tertiary/aromatic N) is 8. The lowest BCUT2D eigenvalue weighted by molar-refractivity contribution is 0.0303. The Morgan fingerprint density at radius 3 is 2.04 bits per heavy atom. The topological polar surface area (TPSA) is 131 Å². The summed E-state index contributed by atoms with van der Waals surface area (Å²) in [6.45, 7) is 6.55. The number of aromatic nitrogens is 4. The lowest BCUT2D eigenvalue weighted by Gasteiger charge is -2.28. The molecule has 1 N–H and O–H groups in total. The molecule has 14 nitrogen and oxygen atoms in total. The minimum atomic E-state index is -0.0234. The molecule has 2 saturated heterocycles. The van der Waals surface area contributed by atoms with E-state index >= 15 is 0 Å². The van der Waals surface area contributed by atoms with Gasteiger partial charge in [-0.2, -0.15) is 4.98 Å². The number of thiocarbonyl (C=S) groups is 1. The first-order valence-corrected chi connectivity index (χ1v) is 19.5. The molecule has 294 valence electrons. The average Bonchev–Trinajstić information content (AvgIpc) is 3.71. The van der Waals surface area contributed by atoms with Gasteiger partial charge in [0.1, 0.15) is 17.3 Å². The lowest BCUT2D eigenvalue weighted by atomic mass is 10.1. The average molecular weight is 788 g/mol. The van der Waals surface area contributed by atoms with Crippen LogP contribution in [0, 0.1) is 0 Å². The van der Waals surface area contributed by atoms with Crippen LogP contribution in [-0.2, 0) is 29.0 Å². The molecule has 2 fully saturated rings. The van der Waals surface area contributed by atoms with Crippen molar-refractivity contribution >= 4 is 46.6 Å². The highest BCUT2D eigenvalue weighted by Crippen LogP contribution is 2.36. The molecule has 3 aromatic carbocycles. The van der Waals surface area contributed by atoms with Gasteiger partial charge in [0.05, 0.1) is 46.3 Å². The molecule has 1 amide bonds. The van der Waals surface area contributed by atoms with Crippen molar-refractivity contribution in [3.05, 3.63) is 107 Å². The van der Waals surface area contributed by atoms with Gasteiger partial charge >= 0.3 is 0 Å². The zero-order valence-corrected chi connectivity index (χ0v) is 32.9. The lowest BCUT2D eigenvalue weighted by Crippen LogP contribution is -2.40. The third-order valence-electron chi connectivity index (χ3n) is 10.3. The Labute approximate surface area is 337 Å². The number of benzene rings is 3. The summed E-state index contributed by atoms with van der Waals surface area (Å²) in [5, 5.41) is 3.87. The Bertz CT molecular complexity index is 2130. The largest absolute Gasteiger partial charge is 0.497 e.